The maximum atomic E-state index is 12.3. The lowest BCUT2D eigenvalue weighted by atomic mass is 9.85. The van der Waals surface area contributed by atoms with Crippen LogP contribution in [0.4, 0.5) is 0 Å². The molecule has 3 heteroatoms. The minimum Gasteiger partial charge on any atom is -0.343 e. The van der Waals surface area contributed by atoms with Crippen LogP contribution in [-0.4, -0.2) is 29.6 Å². The maximum absolute atomic E-state index is 12.3. The maximum Gasteiger partial charge on any atom is 0.223 e. The molecule has 0 aromatic rings. The summed E-state index contributed by atoms with van der Waals surface area (Å²) in [6.07, 6.45) is 6.67. The van der Waals surface area contributed by atoms with Gasteiger partial charge in [-0.3, -0.25) is 4.79 Å². The van der Waals surface area contributed by atoms with Crippen LogP contribution in [0.15, 0.2) is 0 Å². The molecule has 1 aliphatic heterocycles. The van der Waals surface area contributed by atoms with Crippen LogP contribution in [-0.2, 0) is 4.79 Å². The van der Waals surface area contributed by atoms with E-state index in [0.29, 0.717) is 11.3 Å². The number of rotatable bonds is 3. The minimum absolute atomic E-state index is 0.266. The lowest BCUT2D eigenvalue weighted by molar-refractivity contribution is -0.132. The Bertz CT molecular complexity index is 297. The summed E-state index contributed by atoms with van der Waals surface area (Å²) in [5.74, 6) is 1.24. The van der Waals surface area contributed by atoms with Gasteiger partial charge < -0.3 is 4.90 Å². The van der Waals surface area contributed by atoms with Crippen LogP contribution < -0.4 is 0 Å². The van der Waals surface area contributed by atoms with E-state index < -0.39 is 0 Å². The molecule has 0 spiro atoms. The quantitative estimate of drug-likeness (QED) is 0.768. The standard InChI is InChI=1S/C14H25NOS/c1-13(2)4-3-8-15(9-7-13)12(16)10-14(11-17)5-6-14/h17H,3-11H2,1-2H3. The van der Waals surface area contributed by atoms with E-state index in [1.807, 2.05) is 0 Å². The van der Waals surface area contributed by atoms with Gasteiger partial charge in [-0.2, -0.15) is 12.6 Å². The molecule has 98 valence electrons. The van der Waals surface area contributed by atoms with Gasteiger partial charge >= 0.3 is 0 Å². The van der Waals surface area contributed by atoms with Crippen molar-refractivity contribution in [3.8, 4) is 0 Å². The van der Waals surface area contributed by atoms with Crippen molar-refractivity contribution in [2.45, 2.75) is 52.4 Å². The Morgan fingerprint density at radius 2 is 1.88 bits per heavy atom. The Morgan fingerprint density at radius 1 is 1.18 bits per heavy atom. The first-order chi connectivity index (χ1) is 7.96. The van der Waals surface area contributed by atoms with E-state index in [2.05, 4.69) is 31.4 Å². The zero-order chi connectivity index (χ0) is 12.5. The molecule has 1 aliphatic carbocycles. The molecule has 0 N–H and O–H groups in total. The Balaban J connectivity index is 1.87. The number of likely N-dealkylation sites (tertiary alicyclic amines) is 1. The van der Waals surface area contributed by atoms with E-state index in [4.69, 9.17) is 0 Å². The van der Waals surface area contributed by atoms with Crippen LogP contribution in [0.1, 0.15) is 52.4 Å². The molecule has 0 unspecified atom stereocenters. The van der Waals surface area contributed by atoms with Crippen LogP contribution in [0.3, 0.4) is 0 Å². The third-order valence-electron chi connectivity index (χ3n) is 4.51. The summed E-state index contributed by atoms with van der Waals surface area (Å²) in [6, 6.07) is 0. The number of thiol groups is 1. The number of hydrogen-bond donors (Lipinski definition) is 1. The van der Waals surface area contributed by atoms with Crippen LogP contribution in [0.25, 0.3) is 0 Å². The lowest BCUT2D eigenvalue weighted by Crippen LogP contribution is -2.34. The second kappa shape index (κ2) is 4.83. The number of hydrogen-bond acceptors (Lipinski definition) is 2. The first kappa shape index (κ1) is 13.3. The van der Waals surface area contributed by atoms with Gasteiger partial charge in [-0.05, 0) is 48.7 Å². The fourth-order valence-corrected chi connectivity index (χ4v) is 3.10. The highest BCUT2D eigenvalue weighted by Crippen LogP contribution is 2.50. The Hall–Kier alpha value is -0.180. The molecular weight excluding hydrogens is 230 g/mol. The Morgan fingerprint density at radius 3 is 2.47 bits per heavy atom. The second-order valence-corrected chi connectivity index (χ2v) is 7.05. The average Bonchev–Trinajstić information content (AvgIpc) is 3.04. The van der Waals surface area contributed by atoms with Crippen molar-refractivity contribution in [3.05, 3.63) is 0 Å². The van der Waals surface area contributed by atoms with E-state index >= 15 is 0 Å². The molecule has 1 saturated carbocycles. The normalized spacial score (nSPS) is 26.4. The first-order valence-electron chi connectivity index (χ1n) is 6.85. The summed E-state index contributed by atoms with van der Waals surface area (Å²) >= 11 is 4.38. The highest BCUT2D eigenvalue weighted by atomic mass is 32.1. The molecule has 0 aromatic carbocycles. The molecular formula is C14H25NOS. The van der Waals surface area contributed by atoms with Crippen LogP contribution in [0.5, 0.6) is 0 Å². The summed E-state index contributed by atoms with van der Waals surface area (Å²) in [5.41, 5.74) is 0.678. The summed E-state index contributed by atoms with van der Waals surface area (Å²) in [5, 5.41) is 0. The van der Waals surface area contributed by atoms with Crippen molar-refractivity contribution in [3.63, 3.8) is 0 Å². The van der Waals surface area contributed by atoms with Crippen molar-refractivity contribution in [1.82, 2.24) is 4.90 Å². The molecule has 2 nitrogen and oxygen atoms in total. The van der Waals surface area contributed by atoms with E-state index in [1.54, 1.807) is 0 Å². The molecule has 2 rings (SSSR count). The second-order valence-electron chi connectivity index (χ2n) is 6.73. The van der Waals surface area contributed by atoms with Crippen molar-refractivity contribution >= 4 is 18.5 Å². The molecule has 2 aliphatic rings. The zero-order valence-electron chi connectivity index (χ0n) is 11.2. The van der Waals surface area contributed by atoms with Gasteiger partial charge in [0, 0.05) is 19.5 Å². The highest BCUT2D eigenvalue weighted by Gasteiger charge is 2.43. The molecule has 0 aromatic heterocycles. The third kappa shape index (κ3) is 3.40. The molecule has 0 bridgehead atoms. The topological polar surface area (TPSA) is 20.3 Å². The summed E-state index contributed by atoms with van der Waals surface area (Å²) in [4.78, 5) is 14.4. The minimum atomic E-state index is 0.266. The number of amides is 1. The Kier molecular flexibility index (Phi) is 3.77. The smallest absolute Gasteiger partial charge is 0.223 e. The zero-order valence-corrected chi connectivity index (χ0v) is 12.1. The fraction of sp³-hybridized carbons (Fsp3) is 0.929. The monoisotopic (exact) mass is 255 g/mol. The molecule has 1 amide bonds. The summed E-state index contributed by atoms with van der Waals surface area (Å²) in [7, 11) is 0. The van der Waals surface area contributed by atoms with Gasteiger partial charge in [0.15, 0.2) is 0 Å². The van der Waals surface area contributed by atoms with E-state index in [1.165, 1.54) is 19.3 Å². The molecule has 17 heavy (non-hydrogen) atoms. The number of carbonyl (C=O) groups is 1. The van der Waals surface area contributed by atoms with Gasteiger partial charge in [-0.15, -0.1) is 0 Å². The van der Waals surface area contributed by atoms with Crippen molar-refractivity contribution in [1.29, 1.82) is 0 Å². The SMILES string of the molecule is CC1(C)CCCN(C(=O)CC2(CS)CC2)CC1. The first-order valence-corrected chi connectivity index (χ1v) is 7.48. The predicted octanol–water partition coefficient (Wildman–Crippen LogP) is 3.13. The molecule has 0 atom stereocenters. The Labute approximate surface area is 111 Å². The molecule has 1 heterocycles. The summed E-state index contributed by atoms with van der Waals surface area (Å²) < 4.78 is 0. The van der Waals surface area contributed by atoms with E-state index in [9.17, 15) is 4.79 Å². The van der Waals surface area contributed by atoms with Gasteiger partial charge in [0.1, 0.15) is 0 Å². The average molecular weight is 255 g/mol. The lowest BCUT2D eigenvalue weighted by Gasteiger charge is -2.24. The predicted molar refractivity (Wildman–Crippen MR) is 74.3 cm³/mol. The van der Waals surface area contributed by atoms with Gasteiger partial charge in [0.2, 0.25) is 5.91 Å². The third-order valence-corrected chi connectivity index (χ3v) is 5.18. The van der Waals surface area contributed by atoms with Crippen molar-refractivity contribution < 1.29 is 4.79 Å². The van der Waals surface area contributed by atoms with Crippen LogP contribution in [0, 0.1) is 10.8 Å². The van der Waals surface area contributed by atoms with Crippen LogP contribution >= 0.6 is 12.6 Å². The number of carbonyl (C=O) groups excluding carboxylic acids is 1. The van der Waals surface area contributed by atoms with E-state index in [-0.39, 0.29) is 5.41 Å². The molecule has 1 saturated heterocycles. The van der Waals surface area contributed by atoms with Gasteiger partial charge in [0.25, 0.3) is 0 Å². The van der Waals surface area contributed by atoms with Gasteiger partial charge in [-0.25, -0.2) is 0 Å². The largest absolute Gasteiger partial charge is 0.343 e. The van der Waals surface area contributed by atoms with E-state index in [0.717, 1.165) is 38.1 Å². The van der Waals surface area contributed by atoms with Crippen LogP contribution in [0.2, 0.25) is 0 Å². The van der Waals surface area contributed by atoms with Crippen molar-refractivity contribution in [2.24, 2.45) is 10.8 Å². The molecule has 0 radical (unpaired) electrons. The highest BCUT2D eigenvalue weighted by molar-refractivity contribution is 7.80. The summed E-state index contributed by atoms with van der Waals surface area (Å²) in [6.45, 7) is 6.55. The van der Waals surface area contributed by atoms with Gasteiger partial charge in [0.05, 0.1) is 0 Å². The van der Waals surface area contributed by atoms with Crippen molar-refractivity contribution in [2.75, 3.05) is 18.8 Å². The molecule has 2 fully saturated rings. The fourth-order valence-electron chi connectivity index (χ4n) is 2.67. The number of nitrogens with zero attached hydrogens (tertiary/aromatic N) is 1. The van der Waals surface area contributed by atoms with Gasteiger partial charge in [-0.1, -0.05) is 13.8 Å².